The molecule has 1 unspecified atom stereocenters. The van der Waals surface area contributed by atoms with Gasteiger partial charge in [0.25, 0.3) is 0 Å². The Labute approximate surface area is 111 Å². The van der Waals surface area contributed by atoms with Crippen molar-refractivity contribution in [1.29, 1.82) is 0 Å². The van der Waals surface area contributed by atoms with E-state index in [0.717, 1.165) is 31.2 Å². The average molecular weight is 247 g/mol. The standard InChI is InChI=1S/C16H25NO/c1-3-11-17-13(2)15-9-4-5-10-16(15)18-12-14-7-6-8-14/h4-5,9-10,13-14,17H,3,6-8,11-12H2,1-2H3. The Balaban J connectivity index is 1.94. The van der Waals surface area contributed by atoms with Gasteiger partial charge < -0.3 is 10.1 Å². The fourth-order valence-electron chi connectivity index (χ4n) is 2.31. The smallest absolute Gasteiger partial charge is 0.124 e. The van der Waals surface area contributed by atoms with E-state index in [2.05, 4.69) is 43.4 Å². The Morgan fingerprint density at radius 1 is 1.33 bits per heavy atom. The van der Waals surface area contributed by atoms with Gasteiger partial charge >= 0.3 is 0 Å². The maximum absolute atomic E-state index is 6.00. The Morgan fingerprint density at radius 2 is 2.11 bits per heavy atom. The molecule has 2 rings (SSSR count). The molecule has 2 nitrogen and oxygen atoms in total. The minimum atomic E-state index is 0.363. The molecule has 1 aromatic carbocycles. The fourth-order valence-corrected chi connectivity index (χ4v) is 2.31. The molecule has 0 bridgehead atoms. The van der Waals surface area contributed by atoms with Gasteiger partial charge in [-0.1, -0.05) is 31.5 Å². The first-order valence-corrected chi connectivity index (χ1v) is 7.26. The van der Waals surface area contributed by atoms with Gasteiger partial charge in [0.05, 0.1) is 6.61 Å². The highest BCUT2D eigenvalue weighted by Crippen LogP contribution is 2.29. The second-order valence-electron chi connectivity index (χ2n) is 5.32. The van der Waals surface area contributed by atoms with Crippen molar-refractivity contribution in [3.05, 3.63) is 29.8 Å². The average Bonchev–Trinajstić information content (AvgIpc) is 2.34. The SMILES string of the molecule is CCCNC(C)c1ccccc1OCC1CCC1. The molecule has 0 heterocycles. The van der Waals surface area contributed by atoms with Gasteiger partial charge in [0, 0.05) is 11.6 Å². The fraction of sp³-hybridized carbons (Fsp3) is 0.625. The zero-order chi connectivity index (χ0) is 12.8. The topological polar surface area (TPSA) is 21.3 Å². The molecule has 0 aliphatic heterocycles. The lowest BCUT2D eigenvalue weighted by molar-refractivity contribution is 0.178. The van der Waals surface area contributed by atoms with E-state index in [9.17, 15) is 0 Å². The van der Waals surface area contributed by atoms with Gasteiger partial charge in [-0.25, -0.2) is 0 Å². The first-order valence-electron chi connectivity index (χ1n) is 7.26. The monoisotopic (exact) mass is 247 g/mol. The molecule has 1 fully saturated rings. The van der Waals surface area contributed by atoms with Crippen molar-refractivity contribution in [3.8, 4) is 5.75 Å². The van der Waals surface area contributed by atoms with Gasteiger partial charge in [0.1, 0.15) is 5.75 Å². The van der Waals surface area contributed by atoms with Gasteiger partial charge in [-0.2, -0.15) is 0 Å². The van der Waals surface area contributed by atoms with Gasteiger partial charge in [0.2, 0.25) is 0 Å². The molecule has 0 aromatic heterocycles. The van der Waals surface area contributed by atoms with E-state index < -0.39 is 0 Å². The third-order valence-corrected chi connectivity index (χ3v) is 3.79. The molecule has 1 aromatic rings. The van der Waals surface area contributed by atoms with E-state index in [1.807, 2.05) is 0 Å². The van der Waals surface area contributed by atoms with Crippen LogP contribution < -0.4 is 10.1 Å². The van der Waals surface area contributed by atoms with Gasteiger partial charge in [-0.3, -0.25) is 0 Å². The number of para-hydroxylation sites is 1. The molecule has 1 aliphatic rings. The predicted octanol–water partition coefficient (Wildman–Crippen LogP) is 3.93. The van der Waals surface area contributed by atoms with Crippen molar-refractivity contribution >= 4 is 0 Å². The zero-order valence-corrected chi connectivity index (χ0v) is 11.6. The maximum atomic E-state index is 6.00. The van der Waals surface area contributed by atoms with Gasteiger partial charge in [0.15, 0.2) is 0 Å². The number of hydrogen-bond acceptors (Lipinski definition) is 2. The van der Waals surface area contributed by atoms with Crippen molar-refractivity contribution < 1.29 is 4.74 Å². The van der Waals surface area contributed by atoms with Crippen LogP contribution in [0.25, 0.3) is 0 Å². The van der Waals surface area contributed by atoms with Crippen LogP contribution in [-0.2, 0) is 0 Å². The van der Waals surface area contributed by atoms with Crippen LogP contribution in [0.15, 0.2) is 24.3 Å². The lowest BCUT2D eigenvalue weighted by Gasteiger charge is -2.26. The van der Waals surface area contributed by atoms with Crippen molar-refractivity contribution in [2.75, 3.05) is 13.2 Å². The molecule has 100 valence electrons. The van der Waals surface area contributed by atoms with Crippen LogP contribution in [0, 0.1) is 5.92 Å². The molecule has 1 atom stereocenters. The lowest BCUT2D eigenvalue weighted by atomic mass is 9.86. The number of ether oxygens (including phenoxy) is 1. The number of hydrogen-bond donors (Lipinski definition) is 1. The van der Waals surface area contributed by atoms with E-state index in [4.69, 9.17) is 4.74 Å². The van der Waals surface area contributed by atoms with Crippen LogP contribution in [0.5, 0.6) is 5.75 Å². The molecule has 18 heavy (non-hydrogen) atoms. The summed E-state index contributed by atoms with van der Waals surface area (Å²) in [7, 11) is 0. The molecule has 0 saturated heterocycles. The minimum Gasteiger partial charge on any atom is -0.493 e. The van der Waals surface area contributed by atoms with Crippen molar-refractivity contribution in [2.45, 2.75) is 45.6 Å². The Morgan fingerprint density at radius 3 is 2.78 bits per heavy atom. The number of benzene rings is 1. The summed E-state index contributed by atoms with van der Waals surface area (Å²) >= 11 is 0. The minimum absolute atomic E-state index is 0.363. The van der Waals surface area contributed by atoms with Crippen LogP contribution >= 0.6 is 0 Å². The van der Waals surface area contributed by atoms with Crippen LogP contribution in [0.1, 0.15) is 51.1 Å². The highest BCUT2D eigenvalue weighted by molar-refractivity contribution is 5.35. The highest BCUT2D eigenvalue weighted by atomic mass is 16.5. The largest absolute Gasteiger partial charge is 0.493 e. The quantitative estimate of drug-likeness (QED) is 0.788. The van der Waals surface area contributed by atoms with E-state index in [1.165, 1.54) is 24.8 Å². The summed E-state index contributed by atoms with van der Waals surface area (Å²) in [5.41, 5.74) is 1.28. The van der Waals surface area contributed by atoms with Crippen LogP contribution in [0.4, 0.5) is 0 Å². The molecular weight excluding hydrogens is 222 g/mol. The zero-order valence-electron chi connectivity index (χ0n) is 11.6. The third kappa shape index (κ3) is 3.49. The van der Waals surface area contributed by atoms with Crippen molar-refractivity contribution in [1.82, 2.24) is 5.32 Å². The maximum Gasteiger partial charge on any atom is 0.124 e. The van der Waals surface area contributed by atoms with E-state index >= 15 is 0 Å². The number of rotatable bonds is 7. The summed E-state index contributed by atoms with van der Waals surface area (Å²) in [4.78, 5) is 0. The summed E-state index contributed by atoms with van der Waals surface area (Å²) in [6.07, 6.45) is 5.22. The van der Waals surface area contributed by atoms with E-state index in [-0.39, 0.29) is 0 Å². The normalized spacial score (nSPS) is 17.2. The van der Waals surface area contributed by atoms with Crippen LogP contribution in [0.3, 0.4) is 0 Å². The van der Waals surface area contributed by atoms with Crippen LogP contribution in [0.2, 0.25) is 0 Å². The Kier molecular flexibility index (Phi) is 5.06. The molecule has 0 amide bonds. The lowest BCUT2D eigenvalue weighted by Crippen LogP contribution is -2.22. The second kappa shape index (κ2) is 6.79. The first-order chi connectivity index (χ1) is 8.81. The summed E-state index contributed by atoms with van der Waals surface area (Å²) in [6.45, 7) is 6.34. The summed E-state index contributed by atoms with van der Waals surface area (Å²) < 4.78 is 6.00. The third-order valence-electron chi connectivity index (χ3n) is 3.79. The van der Waals surface area contributed by atoms with Crippen molar-refractivity contribution in [2.24, 2.45) is 5.92 Å². The van der Waals surface area contributed by atoms with Gasteiger partial charge in [-0.05, 0) is 44.7 Å². The molecule has 1 N–H and O–H groups in total. The van der Waals surface area contributed by atoms with E-state index in [1.54, 1.807) is 0 Å². The second-order valence-corrected chi connectivity index (χ2v) is 5.32. The number of nitrogens with one attached hydrogen (secondary N) is 1. The summed E-state index contributed by atoms with van der Waals surface area (Å²) in [5, 5.41) is 3.52. The van der Waals surface area contributed by atoms with Crippen LogP contribution in [-0.4, -0.2) is 13.2 Å². The predicted molar refractivity (Wildman–Crippen MR) is 76.0 cm³/mol. The molecule has 2 heteroatoms. The van der Waals surface area contributed by atoms with E-state index in [0.29, 0.717) is 6.04 Å². The molecular formula is C16H25NO. The molecule has 1 saturated carbocycles. The molecule has 1 aliphatic carbocycles. The van der Waals surface area contributed by atoms with Gasteiger partial charge in [-0.15, -0.1) is 0 Å². The van der Waals surface area contributed by atoms with Crippen molar-refractivity contribution in [3.63, 3.8) is 0 Å². The highest BCUT2D eigenvalue weighted by Gasteiger charge is 2.19. The summed E-state index contributed by atoms with van der Waals surface area (Å²) in [6, 6.07) is 8.78. The summed E-state index contributed by atoms with van der Waals surface area (Å²) in [5.74, 6) is 1.84. The molecule has 0 spiro atoms. The first kappa shape index (κ1) is 13.4. The molecule has 0 radical (unpaired) electrons. The Hall–Kier alpha value is -1.02. The Bertz CT molecular complexity index is 360.